The Kier molecular flexibility index (Phi) is 13.9. The first-order chi connectivity index (χ1) is 31.7. The van der Waals surface area contributed by atoms with Gasteiger partial charge in [0.15, 0.2) is 10.9 Å². The van der Waals surface area contributed by atoms with Gasteiger partial charge in [-0.15, -0.1) is 0 Å². The van der Waals surface area contributed by atoms with E-state index in [1.54, 1.807) is 47.9 Å². The summed E-state index contributed by atoms with van der Waals surface area (Å²) < 4.78 is 70.2. The van der Waals surface area contributed by atoms with E-state index >= 15 is 4.39 Å². The number of unbranched alkanes of at least 4 members (excludes halogenated alkanes) is 1. The molecule has 2 saturated heterocycles. The number of aromatic nitrogens is 5. The maximum absolute atomic E-state index is 15.4. The standard InChI is InChI=1S/C47H50F4N10O5S/c1-45(2,3)40(42(63)59-19-9-10-35(59)41-55-24-33(56-41)36-25-53-27-58(36)6)57-37(62)26-65-20-7-8-21-66-31-15-11-28(12-16-31)32-17-14-30(23-54-32)61-44(67)60(43(64)46(61,4)5)34-18-13-29(22-52)38(39(34)48)47(49,50)51/h11-18,23-25,27,35,40H,7-10,19-21,26H2,1-6H3,(H,55,56)(H,57,62)/t35?,40-/m1/s1. The van der Waals surface area contributed by atoms with Crippen molar-refractivity contribution in [1.29, 1.82) is 5.26 Å². The van der Waals surface area contributed by atoms with Gasteiger partial charge in [-0.1, -0.05) is 20.8 Å². The minimum atomic E-state index is -5.19. The number of H-pyrrole nitrogens is 1. The Morgan fingerprint density at radius 3 is 2.40 bits per heavy atom. The molecule has 2 fully saturated rings. The number of likely N-dealkylation sites (tertiary alicyclic amines) is 1. The van der Waals surface area contributed by atoms with Crippen LogP contribution in [0.4, 0.5) is 28.9 Å². The van der Waals surface area contributed by atoms with E-state index in [0.717, 1.165) is 41.9 Å². The summed E-state index contributed by atoms with van der Waals surface area (Å²) in [6.45, 7) is 9.83. The second-order valence-electron chi connectivity index (χ2n) is 17.9. The lowest BCUT2D eigenvalue weighted by Crippen LogP contribution is -2.55. The monoisotopic (exact) mass is 942 g/mol. The van der Waals surface area contributed by atoms with Gasteiger partial charge in [-0.2, -0.15) is 18.4 Å². The van der Waals surface area contributed by atoms with Crippen molar-refractivity contribution in [1.82, 2.24) is 34.7 Å². The number of aromatic amines is 1. The molecule has 67 heavy (non-hydrogen) atoms. The number of rotatable bonds is 15. The lowest BCUT2D eigenvalue weighted by atomic mass is 9.85. The van der Waals surface area contributed by atoms with Crippen LogP contribution in [0.2, 0.25) is 0 Å². The van der Waals surface area contributed by atoms with Crippen molar-refractivity contribution in [3.8, 4) is 34.5 Å². The first-order valence-corrected chi connectivity index (χ1v) is 22.0. The fourth-order valence-corrected chi connectivity index (χ4v) is 8.72. The highest BCUT2D eigenvalue weighted by atomic mass is 32.1. The van der Waals surface area contributed by atoms with Crippen LogP contribution in [-0.2, 0) is 32.3 Å². The molecule has 0 radical (unpaired) electrons. The number of thiocarbonyl (C=S) groups is 1. The number of nitriles is 1. The lowest BCUT2D eigenvalue weighted by molar-refractivity contribution is -0.141. The van der Waals surface area contributed by atoms with Crippen molar-refractivity contribution in [3.63, 3.8) is 0 Å². The van der Waals surface area contributed by atoms with Crippen molar-refractivity contribution in [2.75, 3.05) is 36.2 Å². The van der Waals surface area contributed by atoms with Crippen molar-refractivity contribution in [2.45, 2.75) is 84.1 Å². The van der Waals surface area contributed by atoms with E-state index in [1.807, 2.05) is 44.5 Å². The molecule has 352 valence electrons. The van der Waals surface area contributed by atoms with Crippen LogP contribution in [0.25, 0.3) is 22.6 Å². The third-order valence-electron chi connectivity index (χ3n) is 11.7. The van der Waals surface area contributed by atoms with E-state index in [2.05, 4.69) is 25.3 Å². The van der Waals surface area contributed by atoms with Gasteiger partial charge in [0.2, 0.25) is 11.8 Å². The number of alkyl halides is 3. The van der Waals surface area contributed by atoms with Gasteiger partial charge in [-0.25, -0.2) is 14.4 Å². The van der Waals surface area contributed by atoms with E-state index in [-0.39, 0.29) is 29.6 Å². The third-order valence-corrected chi connectivity index (χ3v) is 12.1. The van der Waals surface area contributed by atoms with E-state index < -0.39 is 51.7 Å². The number of benzene rings is 2. The molecule has 5 aromatic rings. The molecule has 15 nitrogen and oxygen atoms in total. The average Bonchev–Trinajstić information content (AvgIpc) is 4.09. The van der Waals surface area contributed by atoms with Gasteiger partial charge in [0, 0.05) is 25.8 Å². The summed E-state index contributed by atoms with van der Waals surface area (Å²) in [4.78, 5) is 61.2. The zero-order chi connectivity index (χ0) is 48.4. The Morgan fingerprint density at radius 1 is 1.03 bits per heavy atom. The van der Waals surface area contributed by atoms with Crippen LogP contribution in [0, 0.1) is 22.6 Å². The third kappa shape index (κ3) is 10.0. The van der Waals surface area contributed by atoms with Gasteiger partial charge in [-0.05, 0) is 106 Å². The summed E-state index contributed by atoms with van der Waals surface area (Å²) >= 11 is 5.54. The van der Waals surface area contributed by atoms with Gasteiger partial charge in [0.1, 0.15) is 35.3 Å². The topological polar surface area (TPSA) is 175 Å². The molecule has 3 amide bonds. The van der Waals surface area contributed by atoms with Gasteiger partial charge in [0.05, 0.1) is 77.7 Å². The molecule has 0 bridgehead atoms. The zero-order valence-corrected chi connectivity index (χ0v) is 38.6. The smallest absolute Gasteiger partial charge is 0.420 e. The SMILES string of the molecule is Cn1cncc1-c1cnc(C2CCCN2C(=O)[C@@H](NC(=O)COCCCCOc2ccc(-c3ccc(N4C(=S)N(c5ccc(C#N)c(C(F)(F)F)c5F)C(=O)C4(C)C)cn3)cc2)C(C)(C)C)[nH]1. The van der Waals surface area contributed by atoms with Crippen LogP contribution >= 0.6 is 12.2 Å². The molecule has 1 unspecified atom stereocenters. The molecule has 0 saturated carbocycles. The van der Waals surface area contributed by atoms with Gasteiger partial charge < -0.3 is 34.1 Å². The molecule has 7 rings (SSSR count). The van der Waals surface area contributed by atoms with Gasteiger partial charge in [-0.3, -0.25) is 24.3 Å². The Bertz CT molecular complexity index is 2690. The number of anilines is 2. The number of hydrogen-bond acceptors (Lipinski definition) is 10. The Balaban J connectivity index is 0.864. The summed E-state index contributed by atoms with van der Waals surface area (Å²) in [5, 5.41) is 11.8. The van der Waals surface area contributed by atoms with Crippen LogP contribution in [0.3, 0.4) is 0 Å². The van der Waals surface area contributed by atoms with E-state index in [4.69, 9.17) is 21.7 Å². The summed E-state index contributed by atoms with van der Waals surface area (Å²) in [7, 11) is 1.90. The predicted octanol–water partition coefficient (Wildman–Crippen LogP) is 7.89. The number of amides is 3. The number of nitrogens with one attached hydrogen (secondary N) is 2. The molecule has 2 aliphatic heterocycles. The summed E-state index contributed by atoms with van der Waals surface area (Å²) in [5.41, 5.74) is -2.04. The van der Waals surface area contributed by atoms with Crippen molar-refractivity contribution in [3.05, 3.63) is 96.2 Å². The number of imidazole rings is 2. The van der Waals surface area contributed by atoms with E-state index in [9.17, 15) is 32.8 Å². The maximum atomic E-state index is 15.4. The molecule has 5 heterocycles. The largest absolute Gasteiger partial charge is 0.494 e. The fraction of sp³-hybridized carbons (Fsp3) is 0.404. The van der Waals surface area contributed by atoms with Gasteiger partial charge in [0.25, 0.3) is 5.91 Å². The molecule has 0 spiro atoms. The zero-order valence-electron chi connectivity index (χ0n) is 37.8. The number of hydrogen-bond donors (Lipinski definition) is 2. The second-order valence-corrected chi connectivity index (χ2v) is 18.3. The van der Waals surface area contributed by atoms with Crippen molar-refractivity contribution >= 4 is 46.4 Å². The Morgan fingerprint density at radius 2 is 1.76 bits per heavy atom. The number of pyridine rings is 1. The lowest BCUT2D eigenvalue weighted by Gasteiger charge is -2.35. The first-order valence-electron chi connectivity index (χ1n) is 21.6. The van der Waals surface area contributed by atoms with E-state index in [1.165, 1.54) is 31.0 Å². The minimum Gasteiger partial charge on any atom is -0.494 e. The Labute approximate surface area is 390 Å². The molecule has 3 aromatic heterocycles. The van der Waals surface area contributed by atoms with E-state index in [0.29, 0.717) is 60.5 Å². The van der Waals surface area contributed by atoms with Gasteiger partial charge >= 0.3 is 6.18 Å². The summed E-state index contributed by atoms with van der Waals surface area (Å²) in [5.74, 6) is -1.78. The summed E-state index contributed by atoms with van der Waals surface area (Å²) in [6.07, 6.45) is 4.32. The number of nitrogens with zero attached hydrogens (tertiary/aromatic N) is 8. The average molecular weight is 943 g/mol. The maximum Gasteiger partial charge on any atom is 0.420 e. The highest BCUT2D eigenvalue weighted by molar-refractivity contribution is 7.81. The molecule has 0 aliphatic carbocycles. The molecule has 2 aromatic carbocycles. The van der Waals surface area contributed by atoms with Crippen LogP contribution in [-0.4, -0.2) is 90.2 Å². The summed E-state index contributed by atoms with van der Waals surface area (Å²) in [6, 6.07) is 12.6. The number of aryl methyl sites for hydroxylation is 1. The molecule has 2 N–H and O–H groups in total. The first kappa shape index (κ1) is 48.2. The normalized spacial score (nSPS) is 16.7. The molecular formula is C47H50F4N10O5S. The molecule has 2 atom stereocenters. The number of carbonyl (C=O) groups excluding carboxylic acids is 3. The quantitative estimate of drug-likeness (QED) is 0.0594. The second kappa shape index (κ2) is 19.2. The highest BCUT2D eigenvalue weighted by Crippen LogP contribution is 2.42. The van der Waals surface area contributed by atoms with Crippen LogP contribution < -0.4 is 19.9 Å². The van der Waals surface area contributed by atoms with Crippen LogP contribution in [0.1, 0.15) is 83.3 Å². The minimum absolute atomic E-state index is 0.168. The van der Waals surface area contributed by atoms with Crippen LogP contribution in [0.15, 0.2) is 73.4 Å². The van der Waals surface area contributed by atoms with Crippen LogP contribution in [0.5, 0.6) is 5.75 Å². The van der Waals surface area contributed by atoms with Crippen molar-refractivity contribution < 1.29 is 41.4 Å². The molecule has 2 aliphatic rings. The number of carbonyl (C=O) groups is 3. The molecule has 20 heteroatoms. The number of halogens is 4. The predicted molar refractivity (Wildman–Crippen MR) is 244 cm³/mol. The Hall–Kier alpha value is -6.72. The highest BCUT2D eigenvalue weighted by Gasteiger charge is 2.52. The fourth-order valence-electron chi connectivity index (χ4n) is 8.21. The number of ether oxygens (including phenoxy) is 2. The van der Waals surface area contributed by atoms with Crippen molar-refractivity contribution in [2.24, 2.45) is 12.5 Å². The molecular weight excluding hydrogens is 893 g/mol.